The SMILES string of the molecule is O=C(Nc1ccc(F)c(Cl)c1)c1csc(Nc2ccc(OC(F)(F)F)cc2)n1. The first-order valence-electron chi connectivity index (χ1n) is 7.54. The van der Waals surface area contributed by atoms with Gasteiger partial charge in [0.1, 0.15) is 17.3 Å². The van der Waals surface area contributed by atoms with Gasteiger partial charge in [-0.2, -0.15) is 0 Å². The summed E-state index contributed by atoms with van der Waals surface area (Å²) in [5, 5.41) is 7.12. The zero-order chi connectivity index (χ0) is 20.3. The monoisotopic (exact) mass is 431 g/mol. The quantitative estimate of drug-likeness (QED) is 0.499. The van der Waals surface area contributed by atoms with Crippen LogP contribution < -0.4 is 15.4 Å². The van der Waals surface area contributed by atoms with Gasteiger partial charge in [0.2, 0.25) is 0 Å². The highest BCUT2D eigenvalue weighted by atomic mass is 35.5. The van der Waals surface area contributed by atoms with E-state index in [0.717, 1.165) is 29.5 Å². The Balaban J connectivity index is 1.63. The van der Waals surface area contributed by atoms with Crippen LogP contribution in [0, 0.1) is 5.82 Å². The molecule has 11 heteroatoms. The number of ether oxygens (including phenoxy) is 1. The maximum Gasteiger partial charge on any atom is 0.573 e. The average molecular weight is 432 g/mol. The third kappa shape index (κ3) is 5.33. The summed E-state index contributed by atoms with van der Waals surface area (Å²) in [4.78, 5) is 16.3. The number of rotatable bonds is 5. The lowest BCUT2D eigenvalue weighted by molar-refractivity contribution is -0.274. The Bertz CT molecular complexity index is 993. The minimum Gasteiger partial charge on any atom is -0.406 e. The van der Waals surface area contributed by atoms with Gasteiger partial charge in [-0.3, -0.25) is 4.79 Å². The van der Waals surface area contributed by atoms with E-state index in [0.29, 0.717) is 16.5 Å². The zero-order valence-electron chi connectivity index (χ0n) is 13.7. The smallest absolute Gasteiger partial charge is 0.406 e. The van der Waals surface area contributed by atoms with Crippen molar-refractivity contribution < 1.29 is 27.1 Å². The number of nitrogens with zero attached hydrogens (tertiary/aromatic N) is 1. The fourth-order valence-corrected chi connectivity index (χ4v) is 2.96. The minimum atomic E-state index is -4.76. The number of carbonyl (C=O) groups excluding carboxylic acids is 1. The van der Waals surface area contributed by atoms with E-state index >= 15 is 0 Å². The second-order valence-corrected chi connectivity index (χ2v) is 6.58. The van der Waals surface area contributed by atoms with E-state index in [1.54, 1.807) is 0 Å². The zero-order valence-corrected chi connectivity index (χ0v) is 15.3. The molecule has 1 heterocycles. The van der Waals surface area contributed by atoms with E-state index in [-0.39, 0.29) is 16.5 Å². The number of thiazole rings is 1. The molecule has 1 amide bonds. The predicted octanol–water partition coefficient (Wildman–Crippen LogP) is 5.83. The molecule has 2 N–H and O–H groups in total. The fourth-order valence-electron chi connectivity index (χ4n) is 2.07. The Hall–Kier alpha value is -2.85. The van der Waals surface area contributed by atoms with Crippen LogP contribution in [0.1, 0.15) is 10.5 Å². The summed E-state index contributed by atoms with van der Waals surface area (Å²) in [6.45, 7) is 0. The number of anilines is 3. The topological polar surface area (TPSA) is 63.2 Å². The molecule has 0 saturated heterocycles. The number of carbonyl (C=O) groups is 1. The number of amides is 1. The first kappa shape index (κ1) is 19.9. The summed E-state index contributed by atoms with van der Waals surface area (Å²) in [6.07, 6.45) is -4.76. The summed E-state index contributed by atoms with van der Waals surface area (Å²) < 4.78 is 53.4. The van der Waals surface area contributed by atoms with Crippen LogP contribution in [0.5, 0.6) is 5.75 Å². The molecular weight excluding hydrogens is 422 g/mol. The lowest BCUT2D eigenvalue weighted by Crippen LogP contribution is -2.16. The van der Waals surface area contributed by atoms with Crippen molar-refractivity contribution in [1.29, 1.82) is 0 Å². The number of hydrogen-bond acceptors (Lipinski definition) is 5. The summed E-state index contributed by atoms with van der Waals surface area (Å²) in [5.41, 5.74) is 0.866. The van der Waals surface area contributed by atoms with Crippen LogP contribution in [-0.2, 0) is 0 Å². The van der Waals surface area contributed by atoms with Crippen molar-refractivity contribution in [2.24, 2.45) is 0 Å². The Morgan fingerprint density at radius 3 is 2.43 bits per heavy atom. The van der Waals surface area contributed by atoms with Crippen LogP contribution in [0.15, 0.2) is 47.8 Å². The molecule has 0 saturated carbocycles. The molecule has 0 fully saturated rings. The largest absolute Gasteiger partial charge is 0.573 e. The molecule has 5 nitrogen and oxygen atoms in total. The van der Waals surface area contributed by atoms with Gasteiger partial charge in [0.25, 0.3) is 5.91 Å². The van der Waals surface area contributed by atoms with E-state index in [2.05, 4.69) is 20.4 Å². The van der Waals surface area contributed by atoms with Gasteiger partial charge in [-0.25, -0.2) is 9.37 Å². The average Bonchev–Trinajstić information content (AvgIpc) is 3.07. The van der Waals surface area contributed by atoms with E-state index in [9.17, 15) is 22.4 Å². The van der Waals surface area contributed by atoms with Crippen molar-refractivity contribution in [3.8, 4) is 5.75 Å². The van der Waals surface area contributed by atoms with Crippen LogP contribution in [-0.4, -0.2) is 17.3 Å². The van der Waals surface area contributed by atoms with Crippen LogP contribution in [0.4, 0.5) is 34.1 Å². The summed E-state index contributed by atoms with van der Waals surface area (Å²) in [7, 11) is 0. The van der Waals surface area contributed by atoms with E-state index < -0.39 is 18.1 Å². The van der Waals surface area contributed by atoms with Crippen LogP contribution in [0.25, 0.3) is 0 Å². The van der Waals surface area contributed by atoms with Gasteiger partial charge in [0, 0.05) is 16.8 Å². The van der Waals surface area contributed by atoms with Crippen molar-refractivity contribution in [3.05, 3.63) is 64.4 Å². The van der Waals surface area contributed by atoms with E-state index in [1.807, 2.05) is 0 Å². The standard InChI is InChI=1S/C17H10ClF4N3O2S/c18-12-7-10(3-6-13(12)19)23-15(26)14-8-28-16(25-14)24-9-1-4-11(5-2-9)27-17(20,21)22/h1-8H,(H,23,26)(H,24,25). The number of halogens is 5. The first-order valence-corrected chi connectivity index (χ1v) is 8.80. The highest BCUT2D eigenvalue weighted by molar-refractivity contribution is 7.14. The van der Waals surface area contributed by atoms with Gasteiger partial charge in [-0.15, -0.1) is 24.5 Å². The first-order chi connectivity index (χ1) is 13.2. The molecule has 0 unspecified atom stereocenters. The normalized spacial score (nSPS) is 11.2. The Morgan fingerprint density at radius 1 is 1.11 bits per heavy atom. The Morgan fingerprint density at radius 2 is 1.79 bits per heavy atom. The van der Waals surface area contributed by atoms with Crippen molar-refractivity contribution in [2.75, 3.05) is 10.6 Å². The van der Waals surface area contributed by atoms with Crippen molar-refractivity contribution in [2.45, 2.75) is 6.36 Å². The maximum absolute atomic E-state index is 13.1. The molecule has 3 aromatic rings. The Labute approximate surface area is 164 Å². The third-order valence-electron chi connectivity index (χ3n) is 3.25. The highest BCUT2D eigenvalue weighted by Gasteiger charge is 2.30. The van der Waals surface area contributed by atoms with Gasteiger partial charge in [-0.05, 0) is 42.5 Å². The highest BCUT2D eigenvalue weighted by Crippen LogP contribution is 2.27. The molecule has 0 radical (unpaired) electrons. The minimum absolute atomic E-state index is 0.102. The molecule has 0 aliphatic carbocycles. The molecule has 0 aliphatic heterocycles. The van der Waals surface area contributed by atoms with Gasteiger partial charge >= 0.3 is 6.36 Å². The summed E-state index contributed by atoms with van der Waals surface area (Å²) >= 11 is 6.79. The number of benzene rings is 2. The van der Waals surface area contributed by atoms with Gasteiger partial charge in [0.15, 0.2) is 5.13 Å². The number of aromatic nitrogens is 1. The summed E-state index contributed by atoms with van der Waals surface area (Å²) in [5.74, 6) is -1.48. The number of nitrogens with one attached hydrogen (secondary N) is 2. The van der Waals surface area contributed by atoms with Crippen molar-refractivity contribution >= 4 is 45.4 Å². The summed E-state index contributed by atoms with van der Waals surface area (Å²) in [6, 6.07) is 8.80. The lowest BCUT2D eigenvalue weighted by atomic mass is 10.3. The second-order valence-electron chi connectivity index (χ2n) is 5.32. The van der Waals surface area contributed by atoms with Crippen molar-refractivity contribution in [3.63, 3.8) is 0 Å². The van der Waals surface area contributed by atoms with E-state index in [4.69, 9.17) is 11.6 Å². The molecule has 3 rings (SSSR count). The molecule has 2 aromatic carbocycles. The molecule has 0 spiro atoms. The van der Waals surface area contributed by atoms with Crippen LogP contribution in [0.3, 0.4) is 0 Å². The van der Waals surface area contributed by atoms with Gasteiger partial charge in [-0.1, -0.05) is 11.6 Å². The molecule has 0 bridgehead atoms. The van der Waals surface area contributed by atoms with Gasteiger partial charge in [0.05, 0.1) is 5.02 Å². The van der Waals surface area contributed by atoms with E-state index in [1.165, 1.54) is 29.6 Å². The number of hydrogen-bond donors (Lipinski definition) is 2. The predicted molar refractivity (Wildman–Crippen MR) is 97.9 cm³/mol. The maximum atomic E-state index is 13.1. The number of alkyl halides is 3. The molecule has 1 aromatic heterocycles. The van der Waals surface area contributed by atoms with Gasteiger partial charge < -0.3 is 15.4 Å². The molecule has 0 atom stereocenters. The van der Waals surface area contributed by atoms with Crippen LogP contribution >= 0.6 is 22.9 Å². The molecule has 146 valence electrons. The van der Waals surface area contributed by atoms with Crippen LogP contribution in [0.2, 0.25) is 5.02 Å². The lowest BCUT2D eigenvalue weighted by Gasteiger charge is -2.09. The Kier molecular flexibility index (Phi) is 5.71. The molecule has 28 heavy (non-hydrogen) atoms. The molecular formula is C17H10ClF4N3O2S. The molecule has 0 aliphatic rings. The van der Waals surface area contributed by atoms with Crippen molar-refractivity contribution in [1.82, 2.24) is 4.98 Å². The second kappa shape index (κ2) is 8.03. The fraction of sp³-hybridized carbons (Fsp3) is 0.0588. The third-order valence-corrected chi connectivity index (χ3v) is 4.30.